The van der Waals surface area contributed by atoms with E-state index >= 15 is 0 Å². The smallest absolute Gasteiger partial charge is 0.197 e. The van der Waals surface area contributed by atoms with Gasteiger partial charge < -0.3 is 0 Å². The summed E-state index contributed by atoms with van der Waals surface area (Å²) in [7, 11) is 2.07. The van der Waals surface area contributed by atoms with Crippen LogP contribution in [0.15, 0.2) is 30.5 Å². The number of rotatable bonds is 5. The number of thiazole rings is 1. The number of nitrogens with zero attached hydrogens (tertiary/aromatic N) is 2. The zero-order chi connectivity index (χ0) is 13.0. The minimum atomic E-state index is 0.741. The molecule has 2 aromatic rings. The maximum Gasteiger partial charge on any atom is 0.197 e. The molecule has 4 nitrogen and oxygen atoms in total. The second-order valence-corrected chi connectivity index (χ2v) is 5.63. The Bertz CT molecular complexity index is 497. The summed E-state index contributed by atoms with van der Waals surface area (Å²) in [5, 5.41) is 1.51. The van der Waals surface area contributed by atoms with Crippen molar-refractivity contribution >= 4 is 28.1 Å². The van der Waals surface area contributed by atoms with Gasteiger partial charge in [0.15, 0.2) is 5.13 Å². The average molecular weight is 283 g/mol. The molecule has 0 unspecified atom stereocenters. The molecule has 6 heteroatoms. The van der Waals surface area contributed by atoms with E-state index in [2.05, 4.69) is 22.4 Å². The minimum Gasteiger partial charge on any atom is -0.300 e. The van der Waals surface area contributed by atoms with Crippen LogP contribution < -0.4 is 11.3 Å². The monoisotopic (exact) mass is 282 g/mol. The number of benzene rings is 1. The van der Waals surface area contributed by atoms with Crippen LogP contribution in [-0.2, 0) is 13.1 Å². The first kappa shape index (κ1) is 13.3. The molecule has 1 heterocycles. The lowest BCUT2D eigenvalue weighted by molar-refractivity contribution is 0.322. The molecular formula is C12H15ClN4S. The van der Waals surface area contributed by atoms with E-state index in [0.717, 1.165) is 23.2 Å². The average Bonchev–Trinajstić information content (AvgIpc) is 2.79. The van der Waals surface area contributed by atoms with Crippen molar-refractivity contribution < 1.29 is 0 Å². The van der Waals surface area contributed by atoms with Crippen molar-refractivity contribution in [2.45, 2.75) is 13.1 Å². The van der Waals surface area contributed by atoms with Gasteiger partial charge in [0, 0.05) is 29.2 Å². The van der Waals surface area contributed by atoms with Gasteiger partial charge in [-0.05, 0) is 24.7 Å². The Hall–Kier alpha value is -1.14. The number of halogens is 1. The number of aromatic nitrogens is 1. The summed E-state index contributed by atoms with van der Waals surface area (Å²) in [5.74, 6) is 5.30. The van der Waals surface area contributed by atoms with Crippen LogP contribution in [0.2, 0.25) is 5.02 Å². The summed E-state index contributed by atoms with van der Waals surface area (Å²) in [6, 6.07) is 7.90. The summed E-state index contributed by atoms with van der Waals surface area (Å²) < 4.78 is 0. The first-order valence-corrected chi connectivity index (χ1v) is 6.71. The van der Waals surface area contributed by atoms with E-state index < -0.39 is 0 Å². The van der Waals surface area contributed by atoms with Crippen molar-refractivity contribution in [3.63, 3.8) is 0 Å². The predicted molar refractivity (Wildman–Crippen MR) is 76.5 cm³/mol. The van der Waals surface area contributed by atoms with Crippen LogP contribution in [0.1, 0.15) is 10.4 Å². The normalized spacial score (nSPS) is 10.9. The molecule has 0 fully saturated rings. The van der Waals surface area contributed by atoms with E-state index in [1.165, 1.54) is 10.4 Å². The topological polar surface area (TPSA) is 54.2 Å². The number of hydrazine groups is 1. The molecule has 3 N–H and O–H groups in total. The Balaban J connectivity index is 1.91. The van der Waals surface area contributed by atoms with E-state index in [0.29, 0.717) is 0 Å². The first-order valence-electron chi connectivity index (χ1n) is 5.51. The summed E-state index contributed by atoms with van der Waals surface area (Å²) in [6.45, 7) is 1.72. The molecular weight excluding hydrogens is 268 g/mol. The standard InChI is InChI=1S/C12H15ClN4S/c1-17(7-9-2-4-10(13)5-3-9)8-11-6-15-12(16-14)18-11/h2-6H,7-8,14H2,1H3,(H,15,16). The maximum absolute atomic E-state index is 5.86. The van der Waals surface area contributed by atoms with Crippen molar-refractivity contribution in [3.8, 4) is 0 Å². The largest absolute Gasteiger partial charge is 0.300 e. The lowest BCUT2D eigenvalue weighted by atomic mass is 10.2. The van der Waals surface area contributed by atoms with Crippen LogP contribution in [0.3, 0.4) is 0 Å². The molecule has 0 atom stereocenters. The molecule has 2 rings (SSSR count). The number of nitrogen functional groups attached to an aromatic ring is 1. The SMILES string of the molecule is CN(Cc1ccc(Cl)cc1)Cc1cnc(NN)s1. The van der Waals surface area contributed by atoms with Crippen LogP contribution in [0.5, 0.6) is 0 Å². The summed E-state index contributed by atoms with van der Waals surface area (Å²) >= 11 is 7.42. The lowest BCUT2D eigenvalue weighted by Crippen LogP contribution is -2.16. The number of hydrogen-bond donors (Lipinski definition) is 2. The molecule has 0 amide bonds. The Morgan fingerprint density at radius 3 is 2.67 bits per heavy atom. The molecule has 0 spiro atoms. The summed E-state index contributed by atoms with van der Waals surface area (Å²) in [5.41, 5.74) is 3.79. The molecule has 0 saturated heterocycles. The van der Waals surface area contributed by atoms with Gasteiger partial charge in [-0.25, -0.2) is 10.8 Å². The Labute approximate surface area is 115 Å². The molecule has 0 aliphatic rings. The van der Waals surface area contributed by atoms with Gasteiger partial charge >= 0.3 is 0 Å². The fraction of sp³-hybridized carbons (Fsp3) is 0.250. The van der Waals surface area contributed by atoms with Gasteiger partial charge in [-0.1, -0.05) is 35.1 Å². The number of nitrogens with two attached hydrogens (primary N) is 1. The fourth-order valence-electron chi connectivity index (χ4n) is 1.67. The third-order valence-electron chi connectivity index (χ3n) is 2.47. The first-order chi connectivity index (χ1) is 8.67. The Morgan fingerprint density at radius 1 is 1.33 bits per heavy atom. The molecule has 1 aromatic heterocycles. The van der Waals surface area contributed by atoms with Crippen LogP contribution in [-0.4, -0.2) is 16.9 Å². The quantitative estimate of drug-likeness (QED) is 0.654. The predicted octanol–water partition coefficient (Wildman–Crippen LogP) is 2.71. The zero-order valence-electron chi connectivity index (χ0n) is 10.1. The number of hydrogen-bond acceptors (Lipinski definition) is 5. The van der Waals surface area contributed by atoms with E-state index in [-0.39, 0.29) is 0 Å². The van der Waals surface area contributed by atoms with Gasteiger partial charge in [-0.3, -0.25) is 10.3 Å². The molecule has 0 radical (unpaired) electrons. The van der Waals surface area contributed by atoms with Crippen molar-refractivity contribution in [1.29, 1.82) is 0 Å². The number of anilines is 1. The van der Waals surface area contributed by atoms with Gasteiger partial charge in [0.2, 0.25) is 0 Å². The second kappa shape index (κ2) is 6.15. The number of nitrogens with one attached hydrogen (secondary N) is 1. The van der Waals surface area contributed by atoms with E-state index in [4.69, 9.17) is 17.4 Å². The molecule has 0 bridgehead atoms. The third kappa shape index (κ3) is 3.68. The highest BCUT2D eigenvalue weighted by Crippen LogP contribution is 2.19. The van der Waals surface area contributed by atoms with Gasteiger partial charge in [0.05, 0.1) is 0 Å². The van der Waals surface area contributed by atoms with Crippen molar-refractivity contribution in [2.75, 3.05) is 12.5 Å². The second-order valence-electron chi connectivity index (χ2n) is 4.07. The maximum atomic E-state index is 5.86. The highest BCUT2D eigenvalue weighted by atomic mass is 35.5. The molecule has 1 aromatic carbocycles. The molecule has 0 aliphatic heterocycles. The molecule has 0 saturated carbocycles. The lowest BCUT2D eigenvalue weighted by Gasteiger charge is -2.15. The van der Waals surface area contributed by atoms with Gasteiger partial charge in [-0.2, -0.15) is 0 Å². The van der Waals surface area contributed by atoms with E-state index in [9.17, 15) is 0 Å². The van der Waals surface area contributed by atoms with Gasteiger partial charge in [0.1, 0.15) is 0 Å². The third-order valence-corrected chi connectivity index (χ3v) is 3.63. The van der Waals surface area contributed by atoms with Gasteiger partial charge in [0.25, 0.3) is 0 Å². The fourth-order valence-corrected chi connectivity index (χ4v) is 2.60. The van der Waals surface area contributed by atoms with Crippen molar-refractivity contribution in [1.82, 2.24) is 9.88 Å². The highest BCUT2D eigenvalue weighted by molar-refractivity contribution is 7.15. The molecule has 96 valence electrons. The summed E-state index contributed by atoms with van der Waals surface area (Å²) in [6.07, 6.45) is 1.85. The Kier molecular flexibility index (Phi) is 4.54. The van der Waals surface area contributed by atoms with Crippen LogP contribution in [0.4, 0.5) is 5.13 Å². The van der Waals surface area contributed by atoms with Crippen molar-refractivity contribution in [2.24, 2.45) is 5.84 Å². The zero-order valence-corrected chi connectivity index (χ0v) is 11.6. The van der Waals surface area contributed by atoms with Gasteiger partial charge in [-0.15, -0.1) is 0 Å². The van der Waals surface area contributed by atoms with Crippen molar-refractivity contribution in [3.05, 3.63) is 45.9 Å². The summed E-state index contributed by atoms with van der Waals surface area (Å²) in [4.78, 5) is 7.54. The highest BCUT2D eigenvalue weighted by Gasteiger charge is 2.05. The van der Waals surface area contributed by atoms with Crippen LogP contribution in [0.25, 0.3) is 0 Å². The van der Waals surface area contributed by atoms with Crippen LogP contribution >= 0.6 is 22.9 Å². The minimum absolute atomic E-state index is 0.741. The van der Waals surface area contributed by atoms with Crippen LogP contribution in [0, 0.1) is 0 Å². The van der Waals surface area contributed by atoms with E-state index in [1.54, 1.807) is 11.3 Å². The Morgan fingerprint density at radius 2 is 2.06 bits per heavy atom. The molecule has 18 heavy (non-hydrogen) atoms. The van der Waals surface area contributed by atoms with E-state index in [1.807, 2.05) is 30.5 Å². The molecule has 0 aliphatic carbocycles.